The summed E-state index contributed by atoms with van der Waals surface area (Å²) in [6, 6.07) is 9.36. The van der Waals surface area contributed by atoms with Crippen molar-refractivity contribution >= 4 is 43.2 Å². The topological polar surface area (TPSA) is 116 Å². The van der Waals surface area contributed by atoms with Crippen LogP contribution in [0.3, 0.4) is 0 Å². The minimum atomic E-state index is -3.90. The highest BCUT2D eigenvalue weighted by atomic mass is 32.2. The van der Waals surface area contributed by atoms with E-state index in [1.54, 1.807) is 29.2 Å². The molecule has 12 heteroatoms. The van der Waals surface area contributed by atoms with Crippen molar-refractivity contribution in [1.29, 1.82) is 0 Å². The number of carbonyl (C=O) groups is 1. The van der Waals surface area contributed by atoms with Crippen molar-refractivity contribution in [3.8, 4) is 11.5 Å². The van der Waals surface area contributed by atoms with Crippen molar-refractivity contribution in [2.45, 2.75) is 17.9 Å². The molecule has 2 aliphatic rings. The lowest BCUT2D eigenvalue weighted by Gasteiger charge is -2.26. The molecule has 0 spiro atoms. The summed E-state index contributed by atoms with van der Waals surface area (Å²) in [5.74, 6) is 1.01. The molecule has 1 amide bonds. The summed E-state index contributed by atoms with van der Waals surface area (Å²) in [5.41, 5.74) is 0.944. The summed E-state index contributed by atoms with van der Waals surface area (Å²) in [7, 11) is -3.90. The van der Waals surface area contributed by atoms with Crippen LogP contribution >= 0.6 is 11.3 Å². The minimum absolute atomic E-state index is 0.0302. The van der Waals surface area contributed by atoms with E-state index in [0.29, 0.717) is 66.9 Å². The Morgan fingerprint density at radius 2 is 1.76 bits per heavy atom. The predicted octanol–water partition coefficient (Wildman–Crippen LogP) is 1.88. The van der Waals surface area contributed by atoms with Crippen molar-refractivity contribution in [2.75, 3.05) is 44.2 Å². The van der Waals surface area contributed by atoms with E-state index in [4.69, 9.17) is 14.2 Å². The number of carbonyl (C=O) groups excluding carboxylic acids is 1. The molecule has 1 saturated heterocycles. The summed E-state index contributed by atoms with van der Waals surface area (Å²) >= 11 is 0.955. The van der Waals surface area contributed by atoms with Gasteiger partial charge in [-0.2, -0.15) is 0 Å². The Bertz CT molecular complexity index is 1390. The molecule has 1 aromatic heterocycles. The second kappa shape index (κ2) is 9.28. The number of benzene rings is 2. The van der Waals surface area contributed by atoms with Crippen LogP contribution in [0, 0.1) is 0 Å². The van der Waals surface area contributed by atoms with Gasteiger partial charge < -0.3 is 19.1 Å². The molecule has 0 atom stereocenters. The smallest absolute Gasteiger partial charge is 0.308 e. The highest BCUT2D eigenvalue weighted by molar-refractivity contribution is 7.92. The number of aryl methyl sites for hydroxylation is 1. The Kier molecular flexibility index (Phi) is 6.19. The first-order chi connectivity index (χ1) is 16.4. The van der Waals surface area contributed by atoms with Crippen molar-refractivity contribution in [2.24, 2.45) is 0 Å². The number of rotatable bonds is 6. The normalized spacial score (nSPS) is 15.9. The van der Waals surface area contributed by atoms with Crippen LogP contribution < -0.4 is 19.1 Å². The van der Waals surface area contributed by atoms with Crippen LogP contribution in [-0.2, 0) is 26.1 Å². The molecular formula is C22H23N3O7S2. The highest BCUT2D eigenvalue weighted by Crippen LogP contribution is 2.33. The van der Waals surface area contributed by atoms with Crippen LogP contribution in [-0.4, -0.2) is 63.3 Å². The third-order valence-electron chi connectivity index (χ3n) is 5.66. The lowest BCUT2D eigenvalue weighted by Crippen LogP contribution is -2.41. The summed E-state index contributed by atoms with van der Waals surface area (Å²) in [6.45, 7) is 3.22. The van der Waals surface area contributed by atoms with E-state index in [0.717, 1.165) is 11.3 Å². The van der Waals surface area contributed by atoms with E-state index in [1.807, 2.05) is 0 Å². The predicted molar refractivity (Wildman–Crippen MR) is 126 cm³/mol. The van der Waals surface area contributed by atoms with Gasteiger partial charge in [-0.3, -0.25) is 18.9 Å². The Morgan fingerprint density at radius 1 is 1.00 bits per heavy atom. The zero-order valence-corrected chi connectivity index (χ0v) is 19.8. The second-order valence-electron chi connectivity index (χ2n) is 7.86. The van der Waals surface area contributed by atoms with Gasteiger partial charge in [-0.15, -0.1) is 0 Å². The van der Waals surface area contributed by atoms with Gasteiger partial charge in [0.25, 0.3) is 10.0 Å². The summed E-state index contributed by atoms with van der Waals surface area (Å²) in [6.07, 6.45) is 0.192. The molecule has 0 radical (unpaired) electrons. The number of anilines is 1. The van der Waals surface area contributed by atoms with Crippen molar-refractivity contribution < 1.29 is 27.4 Å². The lowest BCUT2D eigenvalue weighted by molar-refractivity contribution is -0.135. The Morgan fingerprint density at radius 3 is 2.56 bits per heavy atom. The maximum absolute atomic E-state index is 13.0. The number of hydrogen-bond donors (Lipinski definition) is 1. The highest BCUT2D eigenvalue weighted by Gasteiger charge is 2.21. The Hall–Kier alpha value is -3.09. The van der Waals surface area contributed by atoms with Gasteiger partial charge in [-0.1, -0.05) is 11.3 Å². The van der Waals surface area contributed by atoms with Gasteiger partial charge in [0.05, 0.1) is 34.0 Å². The van der Waals surface area contributed by atoms with Gasteiger partial charge in [0.2, 0.25) is 5.91 Å². The molecule has 10 nitrogen and oxygen atoms in total. The molecule has 0 bridgehead atoms. The lowest BCUT2D eigenvalue weighted by atomic mass is 10.3. The number of thiazole rings is 1. The number of hydrogen-bond acceptors (Lipinski definition) is 8. The monoisotopic (exact) mass is 505 g/mol. The summed E-state index contributed by atoms with van der Waals surface area (Å²) < 4.78 is 46.8. The fraction of sp³-hybridized carbons (Fsp3) is 0.364. The van der Waals surface area contributed by atoms with E-state index < -0.39 is 10.0 Å². The van der Waals surface area contributed by atoms with Gasteiger partial charge in [0.1, 0.15) is 13.2 Å². The van der Waals surface area contributed by atoms with Crippen LogP contribution in [0.1, 0.15) is 6.42 Å². The van der Waals surface area contributed by atoms with Crippen LogP contribution in [0.2, 0.25) is 0 Å². The molecule has 2 aliphatic heterocycles. The number of amides is 1. The second-order valence-corrected chi connectivity index (χ2v) is 10.5. The van der Waals surface area contributed by atoms with Gasteiger partial charge >= 0.3 is 4.87 Å². The molecule has 3 aromatic rings. The quantitative estimate of drug-likeness (QED) is 0.544. The zero-order chi connectivity index (χ0) is 23.7. The van der Waals surface area contributed by atoms with Crippen molar-refractivity contribution in [1.82, 2.24) is 9.47 Å². The molecule has 180 valence electrons. The molecule has 0 saturated carbocycles. The average Bonchev–Trinajstić information content (AvgIpc) is 3.16. The molecule has 0 aliphatic carbocycles. The molecule has 0 unspecified atom stereocenters. The first-order valence-electron chi connectivity index (χ1n) is 10.8. The maximum Gasteiger partial charge on any atom is 0.308 e. The van der Waals surface area contributed by atoms with Gasteiger partial charge in [-0.05, 0) is 30.3 Å². The number of morpholine rings is 1. The first kappa shape index (κ1) is 22.7. The fourth-order valence-electron chi connectivity index (χ4n) is 3.92. The number of nitrogens with zero attached hydrogens (tertiary/aromatic N) is 2. The SMILES string of the molecule is O=C(CCn1c(=O)sc2cc(S(=O)(=O)Nc3ccc4c(c3)OCCO4)ccc21)N1CCOCC1. The number of nitrogens with one attached hydrogen (secondary N) is 1. The van der Waals surface area contributed by atoms with Gasteiger partial charge in [0.15, 0.2) is 11.5 Å². The Balaban J connectivity index is 1.33. The fourth-order valence-corrected chi connectivity index (χ4v) is 6.03. The van der Waals surface area contributed by atoms with Crippen LogP contribution in [0.4, 0.5) is 5.69 Å². The molecular weight excluding hydrogens is 482 g/mol. The third kappa shape index (κ3) is 4.61. The van der Waals surface area contributed by atoms with E-state index in [-0.39, 0.29) is 28.6 Å². The molecule has 1 N–H and O–H groups in total. The Labute approximate surface area is 199 Å². The van der Waals surface area contributed by atoms with E-state index >= 15 is 0 Å². The third-order valence-corrected chi connectivity index (χ3v) is 7.98. The number of sulfonamides is 1. The first-order valence-corrected chi connectivity index (χ1v) is 13.1. The van der Waals surface area contributed by atoms with Crippen molar-refractivity contribution in [3.05, 3.63) is 46.1 Å². The number of aromatic nitrogens is 1. The summed E-state index contributed by atoms with van der Waals surface area (Å²) in [4.78, 5) is 26.5. The maximum atomic E-state index is 13.0. The molecule has 3 heterocycles. The van der Waals surface area contributed by atoms with Crippen molar-refractivity contribution in [3.63, 3.8) is 0 Å². The zero-order valence-electron chi connectivity index (χ0n) is 18.2. The van der Waals surface area contributed by atoms with E-state index in [9.17, 15) is 18.0 Å². The largest absolute Gasteiger partial charge is 0.486 e. The van der Waals surface area contributed by atoms with Crippen LogP contribution in [0.5, 0.6) is 11.5 Å². The molecule has 1 fully saturated rings. The van der Waals surface area contributed by atoms with Crippen LogP contribution in [0.25, 0.3) is 10.2 Å². The number of ether oxygens (including phenoxy) is 3. The van der Waals surface area contributed by atoms with E-state index in [2.05, 4.69) is 4.72 Å². The standard InChI is InChI=1S/C22H23N3O7S2/c26-21(24-7-9-30-10-8-24)5-6-25-17-3-2-16(14-20(17)33-22(25)27)34(28,29)23-15-1-4-18-19(13-15)32-12-11-31-18/h1-4,13-14,23H,5-12H2. The summed E-state index contributed by atoms with van der Waals surface area (Å²) in [5, 5.41) is 0. The number of fused-ring (bicyclic) bond motifs is 2. The average molecular weight is 506 g/mol. The molecule has 5 rings (SSSR count). The van der Waals surface area contributed by atoms with Crippen LogP contribution in [0.15, 0.2) is 46.1 Å². The van der Waals surface area contributed by atoms with E-state index in [1.165, 1.54) is 16.7 Å². The molecule has 34 heavy (non-hydrogen) atoms. The van der Waals surface area contributed by atoms with Gasteiger partial charge in [-0.25, -0.2) is 8.42 Å². The van der Waals surface area contributed by atoms with Gasteiger partial charge in [0, 0.05) is 32.1 Å². The molecule has 2 aromatic carbocycles. The minimum Gasteiger partial charge on any atom is -0.486 e.